The first-order chi connectivity index (χ1) is 10.3. The molecule has 1 unspecified atom stereocenters. The van der Waals surface area contributed by atoms with E-state index in [1.54, 1.807) is 0 Å². The molecule has 1 heterocycles. The fraction of sp³-hybridized carbons (Fsp3) is 0.222. The maximum Gasteiger partial charge on any atom is 0.101 e. The molecule has 21 heavy (non-hydrogen) atoms. The Hall–Kier alpha value is -1.71. The molecular formula is C18H18O2S. The molecule has 0 N–H and O–H groups in total. The van der Waals surface area contributed by atoms with Gasteiger partial charge in [-0.05, 0) is 24.6 Å². The van der Waals surface area contributed by atoms with E-state index in [2.05, 4.69) is 0 Å². The Bertz CT molecular complexity index is 647. The van der Waals surface area contributed by atoms with Crippen molar-refractivity contribution in [2.24, 2.45) is 0 Å². The third-order valence-electron chi connectivity index (χ3n) is 3.62. The van der Waals surface area contributed by atoms with E-state index < -0.39 is 10.8 Å². The van der Waals surface area contributed by atoms with E-state index in [-0.39, 0.29) is 11.4 Å². The van der Waals surface area contributed by atoms with Crippen LogP contribution in [0.15, 0.2) is 71.6 Å². The molecule has 0 fully saturated rings. The SMILES string of the molecule is Cc1ccc(S(=O)[C@H]2C=CCO[C@@H]2c2ccccc2)cc1. The lowest BCUT2D eigenvalue weighted by atomic mass is 10.0. The van der Waals surface area contributed by atoms with E-state index >= 15 is 0 Å². The Morgan fingerprint density at radius 2 is 1.76 bits per heavy atom. The number of benzene rings is 2. The van der Waals surface area contributed by atoms with E-state index in [1.807, 2.05) is 73.7 Å². The summed E-state index contributed by atoms with van der Waals surface area (Å²) in [4.78, 5) is 0.849. The topological polar surface area (TPSA) is 26.3 Å². The minimum atomic E-state index is -1.12. The third kappa shape index (κ3) is 3.14. The molecule has 0 spiro atoms. The normalized spacial score (nSPS) is 22.9. The largest absolute Gasteiger partial charge is 0.368 e. The second kappa shape index (κ2) is 6.37. The predicted molar refractivity (Wildman–Crippen MR) is 85.7 cm³/mol. The highest BCUT2D eigenvalue weighted by Gasteiger charge is 2.29. The van der Waals surface area contributed by atoms with Gasteiger partial charge in [-0.15, -0.1) is 0 Å². The second-order valence-electron chi connectivity index (χ2n) is 5.17. The summed E-state index contributed by atoms with van der Waals surface area (Å²) in [5.41, 5.74) is 2.25. The second-order valence-corrected chi connectivity index (χ2v) is 6.78. The molecule has 2 nitrogen and oxygen atoms in total. The molecule has 1 aliphatic rings. The molecule has 2 aromatic carbocycles. The van der Waals surface area contributed by atoms with Crippen molar-refractivity contribution in [1.82, 2.24) is 0 Å². The van der Waals surface area contributed by atoms with Crippen LogP contribution in [-0.2, 0) is 15.5 Å². The lowest BCUT2D eigenvalue weighted by Crippen LogP contribution is -2.27. The monoisotopic (exact) mass is 298 g/mol. The molecule has 0 saturated carbocycles. The summed E-state index contributed by atoms with van der Waals surface area (Å²) in [6.07, 6.45) is 3.83. The molecule has 0 radical (unpaired) electrons. The van der Waals surface area contributed by atoms with Gasteiger partial charge in [-0.3, -0.25) is 4.21 Å². The lowest BCUT2D eigenvalue weighted by molar-refractivity contribution is 0.0709. The van der Waals surface area contributed by atoms with Crippen molar-refractivity contribution < 1.29 is 8.95 Å². The van der Waals surface area contributed by atoms with Crippen molar-refractivity contribution in [2.45, 2.75) is 23.2 Å². The molecule has 2 aromatic rings. The summed E-state index contributed by atoms with van der Waals surface area (Å²) < 4.78 is 18.7. The zero-order valence-electron chi connectivity index (χ0n) is 11.9. The van der Waals surface area contributed by atoms with Crippen LogP contribution in [0.2, 0.25) is 0 Å². The van der Waals surface area contributed by atoms with Gasteiger partial charge in [-0.1, -0.05) is 60.2 Å². The van der Waals surface area contributed by atoms with Crippen LogP contribution in [0.25, 0.3) is 0 Å². The van der Waals surface area contributed by atoms with Crippen LogP contribution in [0.5, 0.6) is 0 Å². The van der Waals surface area contributed by atoms with Gasteiger partial charge in [0, 0.05) is 4.90 Å². The maximum absolute atomic E-state index is 12.9. The van der Waals surface area contributed by atoms with E-state index in [9.17, 15) is 4.21 Å². The predicted octanol–water partition coefficient (Wildman–Crippen LogP) is 3.80. The third-order valence-corrected chi connectivity index (χ3v) is 5.26. The van der Waals surface area contributed by atoms with Crippen LogP contribution in [0.1, 0.15) is 17.2 Å². The van der Waals surface area contributed by atoms with E-state index in [1.165, 1.54) is 5.56 Å². The van der Waals surface area contributed by atoms with Gasteiger partial charge in [-0.25, -0.2) is 0 Å². The Morgan fingerprint density at radius 3 is 2.48 bits per heavy atom. The van der Waals surface area contributed by atoms with Crippen molar-refractivity contribution in [3.05, 3.63) is 77.9 Å². The summed E-state index contributed by atoms with van der Waals surface area (Å²) in [6.45, 7) is 2.60. The van der Waals surface area contributed by atoms with Gasteiger partial charge in [-0.2, -0.15) is 0 Å². The standard InChI is InChI=1S/C18H18O2S/c1-14-9-11-16(12-10-14)21(19)17-8-5-13-20-18(17)15-6-3-2-4-7-15/h2-12,17-18H,13H2,1H3/t17-,18+,21?/m0/s1. The Morgan fingerprint density at radius 1 is 1.05 bits per heavy atom. The van der Waals surface area contributed by atoms with Gasteiger partial charge in [0.15, 0.2) is 0 Å². The quantitative estimate of drug-likeness (QED) is 0.806. The minimum Gasteiger partial charge on any atom is -0.368 e. The fourth-order valence-electron chi connectivity index (χ4n) is 2.49. The summed E-state index contributed by atoms with van der Waals surface area (Å²) in [7, 11) is -1.12. The smallest absolute Gasteiger partial charge is 0.101 e. The molecule has 0 bridgehead atoms. The molecular weight excluding hydrogens is 280 g/mol. The molecule has 0 saturated heterocycles. The molecule has 3 rings (SSSR count). The van der Waals surface area contributed by atoms with Crippen LogP contribution in [0.3, 0.4) is 0 Å². The highest BCUT2D eigenvalue weighted by Crippen LogP contribution is 2.31. The number of hydrogen-bond donors (Lipinski definition) is 0. The van der Waals surface area contributed by atoms with Gasteiger partial charge in [0.05, 0.1) is 22.7 Å². The Labute approximate surface area is 127 Å². The number of aryl methyl sites for hydroxylation is 1. The summed E-state index contributed by atoms with van der Waals surface area (Å²) >= 11 is 0. The molecule has 3 heteroatoms. The molecule has 0 aromatic heterocycles. The van der Waals surface area contributed by atoms with Crippen LogP contribution in [0, 0.1) is 6.92 Å². The summed E-state index contributed by atoms with van der Waals surface area (Å²) in [5, 5.41) is -0.149. The van der Waals surface area contributed by atoms with Crippen molar-refractivity contribution in [3.8, 4) is 0 Å². The zero-order valence-corrected chi connectivity index (χ0v) is 12.8. The Balaban J connectivity index is 1.91. The van der Waals surface area contributed by atoms with Gasteiger partial charge in [0.2, 0.25) is 0 Å². The highest BCUT2D eigenvalue weighted by atomic mass is 32.2. The van der Waals surface area contributed by atoms with Gasteiger partial charge in [0.25, 0.3) is 0 Å². The van der Waals surface area contributed by atoms with Gasteiger partial charge in [0.1, 0.15) is 6.10 Å². The van der Waals surface area contributed by atoms with Crippen molar-refractivity contribution in [2.75, 3.05) is 6.61 Å². The average molecular weight is 298 g/mol. The number of rotatable bonds is 3. The first-order valence-electron chi connectivity index (χ1n) is 7.06. The molecule has 0 aliphatic carbocycles. The number of ether oxygens (including phenoxy) is 1. The zero-order chi connectivity index (χ0) is 14.7. The summed E-state index contributed by atoms with van der Waals surface area (Å²) in [5.74, 6) is 0. The maximum atomic E-state index is 12.9. The van der Waals surface area contributed by atoms with Crippen LogP contribution in [0.4, 0.5) is 0 Å². The van der Waals surface area contributed by atoms with Gasteiger partial charge >= 0.3 is 0 Å². The van der Waals surface area contributed by atoms with Crippen molar-refractivity contribution in [1.29, 1.82) is 0 Å². The summed E-state index contributed by atoms with van der Waals surface area (Å²) in [6, 6.07) is 17.9. The van der Waals surface area contributed by atoms with Gasteiger partial charge < -0.3 is 4.74 Å². The van der Waals surface area contributed by atoms with E-state index in [0.29, 0.717) is 6.61 Å². The first-order valence-corrected chi connectivity index (χ1v) is 8.27. The minimum absolute atomic E-state index is 0.149. The Kier molecular flexibility index (Phi) is 4.32. The highest BCUT2D eigenvalue weighted by molar-refractivity contribution is 7.86. The van der Waals surface area contributed by atoms with Crippen LogP contribution in [-0.4, -0.2) is 16.1 Å². The number of hydrogen-bond acceptors (Lipinski definition) is 2. The fourth-order valence-corrected chi connectivity index (χ4v) is 3.92. The van der Waals surface area contributed by atoms with E-state index in [0.717, 1.165) is 10.5 Å². The first kappa shape index (κ1) is 14.2. The average Bonchev–Trinajstić information content (AvgIpc) is 2.56. The molecule has 0 amide bonds. The van der Waals surface area contributed by atoms with Crippen molar-refractivity contribution in [3.63, 3.8) is 0 Å². The van der Waals surface area contributed by atoms with Crippen LogP contribution >= 0.6 is 0 Å². The molecule has 108 valence electrons. The van der Waals surface area contributed by atoms with Crippen LogP contribution < -0.4 is 0 Å². The molecule has 1 aliphatic heterocycles. The van der Waals surface area contributed by atoms with E-state index in [4.69, 9.17) is 4.74 Å². The lowest BCUT2D eigenvalue weighted by Gasteiger charge is -2.27. The van der Waals surface area contributed by atoms with Crippen molar-refractivity contribution >= 4 is 10.8 Å². The molecule has 3 atom stereocenters.